The van der Waals surface area contributed by atoms with Gasteiger partial charge in [0.15, 0.2) is 5.76 Å². The zero-order valence-corrected chi connectivity index (χ0v) is 17.3. The number of fused-ring (bicyclic) bond motifs is 1. The molecular weight excluding hydrogens is 378 g/mol. The Kier molecular flexibility index (Phi) is 7.91. The lowest BCUT2D eigenvalue weighted by molar-refractivity contribution is 0.101. The number of hydrogen-bond donors (Lipinski definition) is 0. The summed E-state index contributed by atoms with van der Waals surface area (Å²) in [6.07, 6.45) is 1.71. The number of likely N-dealkylation sites (N-methyl/N-ethyl adjacent to an activating group) is 1. The number of ketones is 1. The van der Waals surface area contributed by atoms with Crippen molar-refractivity contribution in [2.45, 2.75) is 13.8 Å². The van der Waals surface area contributed by atoms with E-state index in [1.807, 2.05) is 30.3 Å². The molecule has 0 aliphatic carbocycles. The maximum Gasteiger partial charge on any atom is 0.231 e. The van der Waals surface area contributed by atoms with Crippen molar-refractivity contribution in [2.24, 2.45) is 0 Å². The SMILES string of the molecule is CCN(CC)CCOc1ccc2c(c1)O/C(=C\c1ccccc1OC)C2=O.Cl. The summed E-state index contributed by atoms with van der Waals surface area (Å²) < 4.78 is 17.0. The second kappa shape index (κ2) is 10.2. The molecule has 0 saturated carbocycles. The van der Waals surface area contributed by atoms with Crippen LogP contribution in [0.1, 0.15) is 29.8 Å². The Balaban J connectivity index is 0.00000280. The van der Waals surface area contributed by atoms with Crippen molar-refractivity contribution in [1.29, 1.82) is 0 Å². The molecule has 0 unspecified atom stereocenters. The van der Waals surface area contributed by atoms with E-state index < -0.39 is 0 Å². The maximum absolute atomic E-state index is 12.6. The molecule has 0 fully saturated rings. The minimum absolute atomic E-state index is 0. The minimum Gasteiger partial charge on any atom is -0.496 e. The predicted molar refractivity (Wildman–Crippen MR) is 113 cm³/mol. The molecule has 3 rings (SSSR count). The fraction of sp³-hybridized carbons (Fsp3) is 0.318. The first-order valence-electron chi connectivity index (χ1n) is 9.22. The lowest BCUT2D eigenvalue weighted by Gasteiger charge is -2.18. The van der Waals surface area contributed by atoms with E-state index in [9.17, 15) is 4.79 Å². The highest BCUT2D eigenvalue weighted by Crippen LogP contribution is 2.35. The van der Waals surface area contributed by atoms with Gasteiger partial charge in [-0.25, -0.2) is 0 Å². The largest absolute Gasteiger partial charge is 0.496 e. The number of nitrogens with zero attached hydrogens (tertiary/aromatic N) is 1. The van der Waals surface area contributed by atoms with Gasteiger partial charge in [0, 0.05) is 18.2 Å². The first kappa shape index (κ1) is 21.8. The fourth-order valence-electron chi connectivity index (χ4n) is 3.02. The maximum atomic E-state index is 12.6. The van der Waals surface area contributed by atoms with E-state index in [0.717, 1.165) is 25.2 Å². The molecule has 0 saturated heterocycles. The number of allylic oxidation sites excluding steroid dienone is 1. The van der Waals surface area contributed by atoms with Crippen LogP contribution in [0.5, 0.6) is 17.2 Å². The van der Waals surface area contributed by atoms with Crippen molar-refractivity contribution < 1.29 is 19.0 Å². The molecular formula is C22H26ClNO4. The second-order valence-corrected chi connectivity index (χ2v) is 6.22. The Morgan fingerprint density at radius 1 is 1.11 bits per heavy atom. The molecule has 1 aliphatic rings. The number of carbonyl (C=O) groups is 1. The number of halogens is 1. The quantitative estimate of drug-likeness (QED) is 0.609. The topological polar surface area (TPSA) is 48.0 Å². The lowest BCUT2D eigenvalue weighted by atomic mass is 10.1. The molecule has 28 heavy (non-hydrogen) atoms. The van der Waals surface area contributed by atoms with E-state index in [1.54, 1.807) is 25.3 Å². The van der Waals surface area contributed by atoms with Gasteiger partial charge >= 0.3 is 0 Å². The van der Waals surface area contributed by atoms with Gasteiger partial charge in [0.05, 0.1) is 12.7 Å². The molecule has 0 atom stereocenters. The monoisotopic (exact) mass is 403 g/mol. The molecule has 0 bridgehead atoms. The number of methoxy groups -OCH3 is 1. The second-order valence-electron chi connectivity index (χ2n) is 6.22. The van der Waals surface area contributed by atoms with Crippen molar-refractivity contribution in [1.82, 2.24) is 4.90 Å². The Morgan fingerprint density at radius 2 is 1.86 bits per heavy atom. The summed E-state index contributed by atoms with van der Waals surface area (Å²) >= 11 is 0. The number of benzene rings is 2. The smallest absolute Gasteiger partial charge is 0.231 e. The number of ether oxygens (including phenoxy) is 3. The van der Waals surface area contributed by atoms with E-state index in [1.165, 1.54) is 0 Å². The van der Waals surface area contributed by atoms with Crippen molar-refractivity contribution in [2.75, 3.05) is 33.4 Å². The molecule has 1 heterocycles. The van der Waals surface area contributed by atoms with Gasteiger partial charge in [-0.05, 0) is 37.4 Å². The summed E-state index contributed by atoms with van der Waals surface area (Å²) in [5, 5.41) is 0. The van der Waals surface area contributed by atoms with Crippen LogP contribution in [-0.4, -0.2) is 44.0 Å². The van der Waals surface area contributed by atoms with Crippen molar-refractivity contribution in [3.8, 4) is 17.2 Å². The summed E-state index contributed by atoms with van der Waals surface area (Å²) in [4.78, 5) is 14.9. The van der Waals surface area contributed by atoms with Gasteiger partial charge in [0.1, 0.15) is 23.9 Å². The number of hydrogen-bond acceptors (Lipinski definition) is 5. The number of carbonyl (C=O) groups excluding carboxylic acids is 1. The lowest BCUT2D eigenvalue weighted by Crippen LogP contribution is -2.27. The van der Waals surface area contributed by atoms with Gasteiger partial charge in [-0.3, -0.25) is 4.79 Å². The van der Waals surface area contributed by atoms with Crippen LogP contribution in [0.2, 0.25) is 0 Å². The van der Waals surface area contributed by atoms with Crippen molar-refractivity contribution >= 4 is 24.3 Å². The third-order valence-electron chi connectivity index (χ3n) is 4.64. The summed E-state index contributed by atoms with van der Waals surface area (Å²) in [5.74, 6) is 2.08. The normalized spacial score (nSPS) is 13.9. The zero-order chi connectivity index (χ0) is 19.2. The molecule has 2 aromatic rings. The molecule has 5 nitrogen and oxygen atoms in total. The van der Waals surface area contributed by atoms with E-state index >= 15 is 0 Å². The number of para-hydroxylation sites is 1. The van der Waals surface area contributed by atoms with Crippen LogP contribution in [0.3, 0.4) is 0 Å². The summed E-state index contributed by atoms with van der Waals surface area (Å²) in [6.45, 7) is 7.72. The van der Waals surface area contributed by atoms with Crippen LogP contribution in [0.25, 0.3) is 6.08 Å². The van der Waals surface area contributed by atoms with E-state index in [-0.39, 0.29) is 23.9 Å². The van der Waals surface area contributed by atoms with Gasteiger partial charge in [-0.1, -0.05) is 32.0 Å². The highest BCUT2D eigenvalue weighted by molar-refractivity contribution is 6.14. The highest BCUT2D eigenvalue weighted by Gasteiger charge is 2.28. The summed E-state index contributed by atoms with van der Waals surface area (Å²) in [6, 6.07) is 12.9. The molecule has 0 spiro atoms. The average Bonchev–Trinajstić information content (AvgIpc) is 3.00. The third kappa shape index (κ3) is 4.86. The van der Waals surface area contributed by atoms with Crippen LogP contribution in [-0.2, 0) is 0 Å². The van der Waals surface area contributed by atoms with Crippen molar-refractivity contribution in [3.63, 3.8) is 0 Å². The molecule has 1 aliphatic heterocycles. The van der Waals surface area contributed by atoms with E-state index in [2.05, 4.69) is 18.7 Å². The van der Waals surface area contributed by atoms with Crippen molar-refractivity contribution in [3.05, 3.63) is 59.4 Å². The van der Waals surface area contributed by atoms with Gasteiger partial charge in [0.25, 0.3) is 0 Å². The third-order valence-corrected chi connectivity index (χ3v) is 4.64. The van der Waals surface area contributed by atoms with Crippen LogP contribution < -0.4 is 14.2 Å². The molecule has 0 aromatic heterocycles. The van der Waals surface area contributed by atoms with Gasteiger partial charge in [0.2, 0.25) is 5.78 Å². The standard InChI is InChI=1S/C22H25NO4.ClH/c1-4-23(5-2)12-13-26-17-10-11-18-20(15-17)27-21(22(18)24)14-16-8-6-7-9-19(16)25-3;/h6-11,14-15H,4-5,12-13H2,1-3H3;1H/b21-14-;. The van der Waals surface area contributed by atoms with Gasteiger partial charge in [-0.2, -0.15) is 0 Å². The minimum atomic E-state index is -0.134. The van der Waals surface area contributed by atoms with Crippen LogP contribution >= 0.6 is 12.4 Å². The average molecular weight is 404 g/mol. The van der Waals surface area contributed by atoms with E-state index in [4.69, 9.17) is 14.2 Å². The molecule has 0 amide bonds. The first-order chi connectivity index (χ1) is 13.2. The Labute approximate surface area is 172 Å². The Bertz CT molecular complexity index is 846. The summed E-state index contributed by atoms with van der Waals surface area (Å²) in [5.41, 5.74) is 1.35. The van der Waals surface area contributed by atoms with Gasteiger partial charge < -0.3 is 19.1 Å². The van der Waals surface area contributed by atoms with Crippen LogP contribution in [0.4, 0.5) is 0 Å². The van der Waals surface area contributed by atoms with Crippen LogP contribution in [0, 0.1) is 0 Å². The molecule has 6 heteroatoms. The highest BCUT2D eigenvalue weighted by atomic mass is 35.5. The molecule has 0 radical (unpaired) electrons. The Morgan fingerprint density at radius 3 is 2.57 bits per heavy atom. The van der Waals surface area contributed by atoms with E-state index in [0.29, 0.717) is 29.4 Å². The number of rotatable bonds is 8. The number of Topliss-reactive ketones (excluding diaryl/α,β-unsaturated/α-hetero) is 1. The predicted octanol–water partition coefficient (Wildman–Crippen LogP) is 4.45. The fourth-order valence-corrected chi connectivity index (χ4v) is 3.02. The van der Waals surface area contributed by atoms with Gasteiger partial charge in [-0.15, -0.1) is 12.4 Å². The molecule has 0 N–H and O–H groups in total. The van der Waals surface area contributed by atoms with Crippen LogP contribution in [0.15, 0.2) is 48.2 Å². The summed E-state index contributed by atoms with van der Waals surface area (Å²) in [7, 11) is 1.60. The first-order valence-corrected chi connectivity index (χ1v) is 9.22. The zero-order valence-electron chi connectivity index (χ0n) is 16.4. The Hall–Kier alpha value is -2.50. The molecule has 2 aromatic carbocycles. The molecule has 150 valence electrons.